The molecule has 0 radical (unpaired) electrons. The summed E-state index contributed by atoms with van der Waals surface area (Å²) in [6, 6.07) is 7.66. The summed E-state index contributed by atoms with van der Waals surface area (Å²) in [7, 11) is 0. The van der Waals surface area contributed by atoms with E-state index in [1.165, 1.54) is 5.56 Å². The van der Waals surface area contributed by atoms with Gasteiger partial charge in [-0.1, -0.05) is 38.1 Å². The number of nitrogens with two attached hydrogens (primary N) is 1. The zero-order valence-corrected chi connectivity index (χ0v) is 13.2. The van der Waals surface area contributed by atoms with Crippen molar-refractivity contribution in [1.29, 1.82) is 0 Å². The highest BCUT2D eigenvalue weighted by Crippen LogP contribution is 2.11. The highest BCUT2D eigenvalue weighted by molar-refractivity contribution is 5.85. The first-order valence-corrected chi connectivity index (χ1v) is 6.75. The number of amides is 1. The van der Waals surface area contributed by atoms with Crippen LogP contribution in [-0.4, -0.2) is 24.9 Å². The van der Waals surface area contributed by atoms with Gasteiger partial charge in [0.25, 0.3) is 5.92 Å². The first kappa shape index (κ1) is 19.8. The summed E-state index contributed by atoms with van der Waals surface area (Å²) in [6.45, 7) is 2.79. The molecule has 1 aromatic rings. The van der Waals surface area contributed by atoms with Crippen molar-refractivity contribution in [2.75, 3.05) is 13.1 Å². The predicted molar refractivity (Wildman–Crippen MR) is 82.9 cm³/mol. The number of carbonyl (C=O) groups excluding carboxylic acids is 1. The molecule has 120 valence electrons. The molecule has 0 unspecified atom stereocenters. The van der Waals surface area contributed by atoms with Crippen molar-refractivity contribution in [3.05, 3.63) is 35.4 Å². The second kappa shape index (κ2) is 8.95. The Balaban J connectivity index is 0.00000400. The highest BCUT2D eigenvalue weighted by Gasteiger charge is 2.26. The Labute approximate surface area is 130 Å². The van der Waals surface area contributed by atoms with Crippen LogP contribution in [0.5, 0.6) is 0 Å². The molecule has 0 aliphatic rings. The molecule has 6 heteroatoms. The van der Waals surface area contributed by atoms with Crippen molar-refractivity contribution < 1.29 is 13.6 Å². The van der Waals surface area contributed by atoms with Gasteiger partial charge in [0.15, 0.2) is 0 Å². The third-order valence-corrected chi connectivity index (χ3v) is 2.87. The molecule has 0 spiro atoms. The quantitative estimate of drug-likeness (QED) is 0.811. The lowest BCUT2D eigenvalue weighted by molar-refractivity contribution is -0.122. The van der Waals surface area contributed by atoms with Gasteiger partial charge >= 0.3 is 0 Å². The van der Waals surface area contributed by atoms with Crippen molar-refractivity contribution in [1.82, 2.24) is 5.32 Å². The van der Waals surface area contributed by atoms with Crippen LogP contribution in [0, 0.1) is 5.92 Å². The maximum absolute atomic E-state index is 12.9. The van der Waals surface area contributed by atoms with Crippen LogP contribution in [0.15, 0.2) is 24.3 Å². The number of halogens is 3. The van der Waals surface area contributed by atoms with E-state index in [9.17, 15) is 13.6 Å². The molecule has 3 N–H and O–H groups in total. The normalized spacial score (nSPS) is 11.1. The molecule has 0 saturated carbocycles. The van der Waals surface area contributed by atoms with Crippen molar-refractivity contribution in [2.45, 2.75) is 32.6 Å². The van der Waals surface area contributed by atoms with Crippen LogP contribution in [0.4, 0.5) is 8.78 Å². The highest BCUT2D eigenvalue weighted by atomic mass is 35.5. The second-order valence-corrected chi connectivity index (χ2v) is 5.43. The molecule has 1 rings (SSSR count). The van der Waals surface area contributed by atoms with Crippen molar-refractivity contribution in [3.8, 4) is 0 Å². The summed E-state index contributed by atoms with van der Waals surface area (Å²) in [5, 5.41) is 2.20. The first-order chi connectivity index (χ1) is 9.32. The molecule has 0 atom stereocenters. The number of carbonyl (C=O) groups is 1. The third-order valence-electron chi connectivity index (χ3n) is 2.87. The average molecular weight is 321 g/mol. The Morgan fingerprint density at radius 2 is 1.76 bits per heavy atom. The Kier molecular flexibility index (Phi) is 8.44. The van der Waals surface area contributed by atoms with Crippen molar-refractivity contribution in [2.24, 2.45) is 11.7 Å². The number of nitrogens with one attached hydrogen (secondary N) is 1. The van der Waals surface area contributed by atoms with Crippen LogP contribution in [0.1, 0.15) is 25.0 Å². The molecular weight excluding hydrogens is 298 g/mol. The molecule has 0 heterocycles. The van der Waals surface area contributed by atoms with Crippen LogP contribution in [0.25, 0.3) is 0 Å². The summed E-state index contributed by atoms with van der Waals surface area (Å²) in [4.78, 5) is 11.6. The van der Waals surface area contributed by atoms with E-state index in [1.807, 2.05) is 24.3 Å². The van der Waals surface area contributed by atoms with Crippen LogP contribution in [-0.2, 0) is 17.6 Å². The minimum absolute atomic E-state index is 0. The Hall–Kier alpha value is -1.20. The summed E-state index contributed by atoms with van der Waals surface area (Å²) < 4.78 is 25.8. The standard InChI is InChI=1S/C15H22F2N2O.ClH/c1-11(2)7-12-3-5-13(6-4-12)8-14(20)19-10-15(16,17)9-18;/h3-6,11H,7-10,18H2,1-2H3,(H,19,20);1H. The fraction of sp³-hybridized carbons (Fsp3) is 0.533. The van der Waals surface area contributed by atoms with Gasteiger partial charge in [-0.05, 0) is 23.5 Å². The molecule has 0 saturated heterocycles. The Morgan fingerprint density at radius 1 is 1.24 bits per heavy atom. The van der Waals surface area contributed by atoms with Gasteiger partial charge < -0.3 is 11.1 Å². The van der Waals surface area contributed by atoms with Gasteiger partial charge in [0.2, 0.25) is 5.91 Å². The van der Waals surface area contributed by atoms with Crippen molar-refractivity contribution in [3.63, 3.8) is 0 Å². The molecule has 0 fully saturated rings. The molecule has 0 aromatic heterocycles. The number of hydrogen-bond donors (Lipinski definition) is 2. The van der Waals surface area contributed by atoms with E-state index in [0.717, 1.165) is 12.0 Å². The van der Waals surface area contributed by atoms with E-state index in [4.69, 9.17) is 5.73 Å². The minimum Gasteiger partial charge on any atom is -0.350 e. The number of hydrogen-bond acceptors (Lipinski definition) is 2. The van der Waals surface area contributed by atoms with E-state index in [-0.39, 0.29) is 18.8 Å². The van der Waals surface area contributed by atoms with E-state index in [1.54, 1.807) is 0 Å². The topological polar surface area (TPSA) is 55.1 Å². The van der Waals surface area contributed by atoms with E-state index >= 15 is 0 Å². The molecule has 3 nitrogen and oxygen atoms in total. The largest absolute Gasteiger partial charge is 0.350 e. The van der Waals surface area contributed by atoms with Gasteiger partial charge in [0, 0.05) is 0 Å². The van der Waals surface area contributed by atoms with E-state index < -0.39 is 24.9 Å². The molecule has 1 aromatic carbocycles. The summed E-state index contributed by atoms with van der Waals surface area (Å²) in [6.07, 6.45) is 1.08. The van der Waals surface area contributed by atoms with Crippen LogP contribution >= 0.6 is 12.4 Å². The summed E-state index contributed by atoms with van der Waals surface area (Å²) in [5.41, 5.74) is 6.92. The molecule has 0 aliphatic heterocycles. The average Bonchev–Trinajstić information content (AvgIpc) is 2.38. The second-order valence-electron chi connectivity index (χ2n) is 5.43. The fourth-order valence-electron chi connectivity index (χ4n) is 1.81. The van der Waals surface area contributed by atoms with Gasteiger partial charge in [-0.3, -0.25) is 4.79 Å². The van der Waals surface area contributed by atoms with Gasteiger partial charge in [0.05, 0.1) is 19.5 Å². The van der Waals surface area contributed by atoms with Crippen LogP contribution in [0.2, 0.25) is 0 Å². The zero-order valence-electron chi connectivity index (χ0n) is 12.4. The molecule has 0 bridgehead atoms. The predicted octanol–water partition coefficient (Wildman–Crippen LogP) is 2.56. The SMILES string of the molecule is CC(C)Cc1ccc(CC(=O)NCC(F)(F)CN)cc1.Cl. The summed E-state index contributed by atoms with van der Waals surface area (Å²) >= 11 is 0. The molecular formula is C15H23ClF2N2O. The van der Waals surface area contributed by atoms with E-state index in [2.05, 4.69) is 19.2 Å². The van der Waals surface area contributed by atoms with Crippen molar-refractivity contribution >= 4 is 18.3 Å². The smallest absolute Gasteiger partial charge is 0.277 e. The zero-order chi connectivity index (χ0) is 15.2. The minimum atomic E-state index is -3.04. The first-order valence-electron chi connectivity index (χ1n) is 6.75. The van der Waals surface area contributed by atoms with Gasteiger partial charge in [-0.25, -0.2) is 8.78 Å². The Morgan fingerprint density at radius 3 is 2.24 bits per heavy atom. The maximum Gasteiger partial charge on any atom is 0.277 e. The van der Waals surface area contributed by atoms with E-state index in [0.29, 0.717) is 5.92 Å². The monoisotopic (exact) mass is 320 g/mol. The lowest BCUT2D eigenvalue weighted by Crippen LogP contribution is -2.42. The maximum atomic E-state index is 12.9. The van der Waals surface area contributed by atoms with Gasteiger partial charge in [-0.2, -0.15) is 0 Å². The molecule has 1 amide bonds. The lowest BCUT2D eigenvalue weighted by Gasteiger charge is -2.14. The van der Waals surface area contributed by atoms with Crippen LogP contribution < -0.4 is 11.1 Å². The number of rotatable bonds is 7. The molecule has 0 aliphatic carbocycles. The lowest BCUT2D eigenvalue weighted by atomic mass is 10.0. The number of alkyl halides is 2. The van der Waals surface area contributed by atoms with Gasteiger partial charge in [-0.15, -0.1) is 12.4 Å². The van der Waals surface area contributed by atoms with Gasteiger partial charge in [0.1, 0.15) is 0 Å². The molecule has 21 heavy (non-hydrogen) atoms. The third kappa shape index (κ3) is 7.97. The van der Waals surface area contributed by atoms with Crippen LogP contribution in [0.3, 0.4) is 0 Å². The Bertz CT molecular complexity index is 436. The number of benzene rings is 1. The summed E-state index contributed by atoms with van der Waals surface area (Å²) in [5.74, 6) is -2.89. The fourth-order valence-corrected chi connectivity index (χ4v) is 1.81.